The Hall–Kier alpha value is -1.53. The zero-order valence-corrected chi connectivity index (χ0v) is 30.4. The molecule has 0 spiro atoms. The summed E-state index contributed by atoms with van der Waals surface area (Å²) in [6.45, 7) is 21.1. The predicted octanol–water partition coefficient (Wildman–Crippen LogP) is 11.5. The summed E-state index contributed by atoms with van der Waals surface area (Å²) in [5.74, 6) is 0. The minimum atomic E-state index is -2.41. The van der Waals surface area contributed by atoms with Crippen LogP contribution >= 0.6 is 0 Å². The third-order valence-corrected chi connectivity index (χ3v) is 15.6. The van der Waals surface area contributed by atoms with Crippen LogP contribution in [0.5, 0.6) is 0 Å². The Kier molecular flexibility index (Phi) is 35.7. The number of unbranched alkanes of at least 4 members (excludes halogenated alkanes) is 8. The van der Waals surface area contributed by atoms with Gasteiger partial charge in [-0.2, -0.15) is 0 Å². The molecule has 0 aliphatic rings. The molecule has 0 N–H and O–H groups in total. The van der Waals surface area contributed by atoms with E-state index in [0.717, 1.165) is 122 Å². The van der Waals surface area contributed by atoms with Crippen molar-refractivity contribution in [1.82, 2.24) is 0 Å². The van der Waals surface area contributed by atoms with Gasteiger partial charge in [0.15, 0.2) is 0 Å². The van der Waals surface area contributed by atoms with Crippen LogP contribution in [0.2, 0.25) is 18.9 Å². The van der Waals surface area contributed by atoms with Crippen LogP contribution in [0.15, 0.2) is 99.2 Å². The molecule has 0 aromatic carbocycles. The first-order chi connectivity index (χ1) is 22.2. The predicted molar refractivity (Wildman–Crippen MR) is 195 cm³/mol. The monoisotopic (exact) mass is 660 g/mol. The van der Waals surface area contributed by atoms with Crippen molar-refractivity contribution >= 4 is 0 Å². The van der Waals surface area contributed by atoms with Gasteiger partial charge in [-0.15, -0.1) is 0 Å². The number of ether oxygens (including phenoxy) is 4. The molecule has 0 bridgehead atoms. The second-order valence-electron chi connectivity index (χ2n) is 11.6. The van der Waals surface area contributed by atoms with Gasteiger partial charge in [-0.1, -0.05) is 0 Å². The van der Waals surface area contributed by atoms with Crippen LogP contribution in [0.25, 0.3) is 0 Å². The normalized spacial score (nSPS) is 13.3. The summed E-state index contributed by atoms with van der Waals surface area (Å²) in [7, 11) is 0. The molecule has 0 atom stereocenters. The average Bonchev–Trinajstić information content (AvgIpc) is 3.05. The second kappa shape index (κ2) is 36.9. The second-order valence-corrected chi connectivity index (χ2v) is 19.4. The van der Waals surface area contributed by atoms with Crippen molar-refractivity contribution in [1.29, 1.82) is 0 Å². The fourth-order valence-electron chi connectivity index (χ4n) is 4.77. The van der Waals surface area contributed by atoms with Crippen molar-refractivity contribution in [2.45, 2.75) is 96.0 Å². The Morgan fingerprint density at radius 2 is 0.578 bits per heavy atom. The Balaban J connectivity index is 5.11. The van der Waals surface area contributed by atoms with E-state index in [2.05, 4.69) is 74.9 Å². The van der Waals surface area contributed by atoms with Crippen molar-refractivity contribution < 1.29 is 35.5 Å². The Labute approximate surface area is 282 Å². The summed E-state index contributed by atoms with van der Waals surface area (Å²) < 4.78 is 29.1. The molecule has 0 aromatic rings. The van der Waals surface area contributed by atoms with E-state index in [9.17, 15) is 0 Å². The van der Waals surface area contributed by atoms with E-state index in [1.54, 1.807) is 0 Å². The van der Waals surface area contributed by atoms with Gasteiger partial charge in [-0.3, -0.25) is 0 Å². The van der Waals surface area contributed by atoms with Crippen LogP contribution in [0.3, 0.4) is 0 Å². The molecule has 0 radical (unpaired) electrons. The van der Waals surface area contributed by atoms with Gasteiger partial charge < -0.3 is 0 Å². The van der Waals surface area contributed by atoms with E-state index in [1.807, 2.05) is 24.3 Å². The van der Waals surface area contributed by atoms with E-state index in [0.29, 0.717) is 26.4 Å². The van der Waals surface area contributed by atoms with E-state index in [4.69, 9.17) is 18.9 Å². The Morgan fingerprint density at radius 3 is 0.800 bits per heavy atom. The molecular weight excluding hydrogens is 592 g/mol. The molecule has 0 fully saturated rings. The molecule has 0 saturated carbocycles. The third kappa shape index (κ3) is 32.2. The summed E-state index contributed by atoms with van der Waals surface area (Å²) >= 11 is -2.41. The van der Waals surface area contributed by atoms with E-state index >= 15 is 0 Å². The molecule has 0 heterocycles. The van der Waals surface area contributed by atoms with Crippen LogP contribution in [-0.2, 0) is 35.5 Å². The molecule has 0 aliphatic heterocycles. The number of allylic oxidation sites excluding steroid dienone is 8. The molecule has 256 valence electrons. The number of hydrogen-bond acceptors (Lipinski definition) is 4. The maximum atomic E-state index is 6.13. The minimum absolute atomic E-state index is 0.680. The fraction of sp³-hybridized carbons (Fsp3) is 0.600. The van der Waals surface area contributed by atoms with Crippen LogP contribution in [0, 0.1) is 0 Å². The van der Waals surface area contributed by atoms with Crippen LogP contribution in [0.4, 0.5) is 0 Å². The van der Waals surface area contributed by atoms with Gasteiger partial charge >= 0.3 is 284 Å². The van der Waals surface area contributed by atoms with Gasteiger partial charge in [0.1, 0.15) is 0 Å². The van der Waals surface area contributed by atoms with Gasteiger partial charge in [0, 0.05) is 0 Å². The Bertz CT molecular complexity index is 665. The molecular formula is C40H68O4Ti. The standard InChI is InChI=1S/4C10H17O.Ti/c4*1-3-5-6-7-8-9-10-11-4-2;/h4*3,8-9H,1-2,4-7,10H2;. The molecule has 45 heavy (non-hydrogen) atoms. The van der Waals surface area contributed by atoms with Crippen molar-refractivity contribution in [3.05, 3.63) is 99.2 Å². The SMILES string of the molecule is C=CCCCC=CCOC[CH2][Ti]([CH2]COCC=CCCCC=C)([CH2]COCC=CCCCC=C)[CH2]COCC=CCCCC=C. The topological polar surface area (TPSA) is 36.9 Å². The van der Waals surface area contributed by atoms with Gasteiger partial charge in [-0.25, -0.2) is 0 Å². The van der Waals surface area contributed by atoms with Crippen LogP contribution in [0.1, 0.15) is 77.0 Å². The summed E-state index contributed by atoms with van der Waals surface area (Å²) in [6, 6.07) is 0. The number of hydrogen-bond donors (Lipinski definition) is 0. The van der Waals surface area contributed by atoms with Gasteiger partial charge in [0.2, 0.25) is 0 Å². The van der Waals surface area contributed by atoms with E-state index < -0.39 is 16.6 Å². The van der Waals surface area contributed by atoms with Crippen molar-refractivity contribution in [3.8, 4) is 0 Å². The van der Waals surface area contributed by atoms with Crippen molar-refractivity contribution in [3.63, 3.8) is 0 Å². The molecule has 0 aliphatic carbocycles. The van der Waals surface area contributed by atoms with Crippen LogP contribution < -0.4 is 0 Å². The quantitative estimate of drug-likeness (QED) is 0.0381. The van der Waals surface area contributed by atoms with Crippen LogP contribution in [-0.4, -0.2) is 52.9 Å². The summed E-state index contributed by atoms with van der Waals surface area (Å²) in [4.78, 5) is 0. The third-order valence-electron chi connectivity index (χ3n) is 7.75. The average molecular weight is 661 g/mol. The number of rotatable bonds is 36. The maximum absolute atomic E-state index is 6.13. The molecule has 0 rings (SSSR count). The molecule has 0 saturated heterocycles. The Morgan fingerprint density at radius 1 is 0.333 bits per heavy atom. The van der Waals surface area contributed by atoms with Gasteiger partial charge in [0.05, 0.1) is 0 Å². The first-order valence-electron chi connectivity index (χ1n) is 17.6. The van der Waals surface area contributed by atoms with Gasteiger partial charge in [0.25, 0.3) is 0 Å². The van der Waals surface area contributed by atoms with Gasteiger partial charge in [-0.05, 0) is 0 Å². The molecule has 0 aromatic heterocycles. The zero-order chi connectivity index (χ0) is 32.8. The summed E-state index contributed by atoms with van der Waals surface area (Å²) in [5.41, 5.74) is 0. The first-order valence-corrected chi connectivity index (χ1v) is 22.0. The molecule has 4 nitrogen and oxygen atoms in total. The summed E-state index contributed by atoms with van der Waals surface area (Å²) in [5, 5.41) is 0. The molecule has 0 amide bonds. The van der Waals surface area contributed by atoms with Crippen molar-refractivity contribution in [2.24, 2.45) is 0 Å². The van der Waals surface area contributed by atoms with Crippen molar-refractivity contribution in [2.75, 3.05) is 52.9 Å². The van der Waals surface area contributed by atoms with E-state index in [-0.39, 0.29) is 0 Å². The molecule has 0 unspecified atom stereocenters. The zero-order valence-electron chi connectivity index (χ0n) is 28.9. The summed E-state index contributed by atoms with van der Waals surface area (Å²) in [6.07, 6.45) is 38.7. The van der Waals surface area contributed by atoms with E-state index in [1.165, 1.54) is 0 Å². The molecule has 5 heteroatoms. The fourth-order valence-corrected chi connectivity index (χ4v) is 10.7. The first kappa shape index (κ1) is 43.5.